The van der Waals surface area contributed by atoms with Crippen LogP contribution in [0.1, 0.15) is 12.8 Å². The number of rotatable bonds is 4. The van der Waals surface area contributed by atoms with Gasteiger partial charge in [0.1, 0.15) is 6.61 Å². The Labute approximate surface area is 170 Å². The van der Waals surface area contributed by atoms with E-state index in [-0.39, 0.29) is 24.0 Å². The highest BCUT2D eigenvalue weighted by molar-refractivity contribution is 5.92. The average Bonchev–Trinajstić information content (AvgIpc) is 2.78. The quantitative estimate of drug-likeness (QED) is 0.834. The lowest BCUT2D eigenvalue weighted by Crippen LogP contribution is -2.49. The Morgan fingerprint density at radius 1 is 0.966 bits per heavy atom. The number of hydrogen-bond acceptors (Lipinski definition) is 4. The fourth-order valence-electron chi connectivity index (χ4n) is 3.59. The number of para-hydroxylation sites is 3. The smallest absolute Gasteiger partial charge is 0.317 e. The summed E-state index contributed by atoms with van der Waals surface area (Å²) in [5.41, 5.74) is 0.800. The van der Waals surface area contributed by atoms with Crippen molar-refractivity contribution in [3.05, 3.63) is 54.6 Å². The summed E-state index contributed by atoms with van der Waals surface area (Å²) in [7, 11) is 0. The summed E-state index contributed by atoms with van der Waals surface area (Å²) in [5.74, 6) is 1.36. The number of carbonyl (C=O) groups is 2. The maximum Gasteiger partial charge on any atom is 0.317 e. The van der Waals surface area contributed by atoms with Gasteiger partial charge in [0.05, 0.1) is 6.54 Å². The molecular formula is C22H25N3O4. The lowest BCUT2D eigenvalue weighted by molar-refractivity contribution is -0.121. The normalized spacial score (nSPS) is 18.8. The van der Waals surface area contributed by atoms with Crippen molar-refractivity contribution in [2.45, 2.75) is 18.9 Å². The van der Waals surface area contributed by atoms with Crippen molar-refractivity contribution in [2.24, 2.45) is 5.92 Å². The molecule has 0 aliphatic carbocycles. The second-order valence-corrected chi connectivity index (χ2v) is 7.30. The lowest BCUT2D eigenvalue weighted by Gasteiger charge is -2.32. The van der Waals surface area contributed by atoms with Crippen LogP contribution in [-0.4, -0.2) is 49.2 Å². The van der Waals surface area contributed by atoms with Gasteiger partial charge in [-0.2, -0.15) is 0 Å². The first-order valence-corrected chi connectivity index (χ1v) is 9.96. The fraction of sp³-hybridized carbons (Fsp3) is 0.364. The van der Waals surface area contributed by atoms with Gasteiger partial charge >= 0.3 is 6.03 Å². The molecule has 0 radical (unpaired) electrons. The Kier molecular flexibility index (Phi) is 5.84. The number of hydrogen-bond donors (Lipinski definition) is 2. The van der Waals surface area contributed by atoms with E-state index in [1.54, 1.807) is 4.90 Å². The zero-order chi connectivity index (χ0) is 20.1. The molecule has 152 valence electrons. The Balaban J connectivity index is 1.20. The molecule has 0 aromatic heterocycles. The highest BCUT2D eigenvalue weighted by Crippen LogP contribution is 2.30. The molecule has 1 atom stereocenters. The summed E-state index contributed by atoms with van der Waals surface area (Å²) in [5, 5.41) is 5.86. The van der Waals surface area contributed by atoms with Gasteiger partial charge < -0.3 is 25.0 Å². The zero-order valence-corrected chi connectivity index (χ0v) is 16.2. The molecule has 2 aliphatic rings. The number of anilines is 1. The monoisotopic (exact) mass is 395 g/mol. The van der Waals surface area contributed by atoms with Gasteiger partial charge in [-0.05, 0) is 37.1 Å². The summed E-state index contributed by atoms with van der Waals surface area (Å²) < 4.78 is 11.5. The molecule has 4 rings (SSSR count). The average molecular weight is 395 g/mol. The topological polar surface area (TPSA) is 79.9 Å². The lowest BCUT2D eigenvalue weighted by atomic mass is 9.96. The Bertz CT molecular complexity index is 850. The number of piperidine rings is 1. The van der Waals surface area contributed by atoms with E-state index in [9.17, 15) is 9.59 Å². The van der Waals surface area contributed by atoms with Crippen LogP contribution in [0.2, 0.25) is 0 Å². The van der Waals surface area contributed by atoms with Crippen LogP contribution >= 0.6 is 0 Å². The van der Waals surface area contributed by atoms with Crippen LogP contribution in [-0.2, 0) is 4.79 Å². The maximum absolute atomic E-state index is 12.5. The molecule has 2 aromatic carbocycles. The second-order valence-electron chi connectivity index (χ2n) is 7.30. The van der Waals surface area contributed by atoms with Crippen molar-refractivity contribution in [3.63, 3.8) is 0 Å². The third-order valence-corrected chi connectivity index (χ3v) is 5.24. The van der Waals surface area contributed by atoms with Crippen molar-refractivity contribution in [3.8, 4) is 11.5 Å². The minimum absolute atomic E-state index is 0.0164. The molecule has 1 unspecified atom stereocenters. The number of ether oxygens (including phenoxy) is 2. The van der Waals surface area contributed by atoms with Gasteiger partial charge in [0.25, 0.3) is 0 Å². The molecule has 2 aliphatic heterocycles. The number of fused-ring (bicyclic) bond motifs is 1. The number of amides is 3. The molecule has 2 N–H and O–H groups in total. The molecule has 1 saturated heterocycles. The number of nitrogens with zero attached hydrogens (tertiary/aromatic N) is 1. The third-order valence-electron chi connectivity index (χ3n) is 5.24. The minimum atomic E-state index is -0.219. The van der Waals surface area contributed by atoms with Gasteiger partial charge in [0.2, 0.25) is 5.91 Å². The van der Waals surface area contributed by atoms with E-state index in [4.69, 9.17) is 9.47 Å². The number of nitrogens with one attached hydrogen (secondary N) is 2. The largest absolute Gasteiger partial charge is 0.486 e. The second kappa shape index (κ2) is 8.86. The number of urea groups is 1. The molecule has 2 aromatic rings. The molecule has 7 heteroatoms. The first kappa shape index (κ1) is 19.1. The van der Waals surface area contributed by atoms with Crippen LogP contribution in [0.25, 0.3) is 0 Å². The first-order chi connectivity index (χ1) is 14.2. The van der Waals surface area contributed by atoms with E-state index in [0.29, 0.717) is 44.8 Å². The van der Waals surface area contributed by atoms with E-state index >= 15 is 0 Å². The molecule has 3 amide bonds. The van der Waals surface area contributed by atoms with E-state index in [1.807, 2.05) is 54.6 Å². The molecule has 29 heavy (non-hydrogen) atoms. The summed E-state index contributed by atoms with van der Waals surface area (Å²) in [4.78, 5) is 26.6. The van der Waals surface area contributed by atoms with Gasteiger partial charge in [0.15, 0.2) is 17.6 Å². The van der Waals surface area contributed by atoms with Crippen LogP contribution in [0.15, 0.2) is 54.6 Å². The third kappa shape index (κ3) is 4.80. The number of likely N-dealkylation sites (tertiary alicyclic amines) is 1. The fourth-order valence-corrected chi connectivity index (χ4v) is 3.59. The van der Waals surface area contributed by atoms with Crippen LogP contribution < -0.4 is 20.1 Å². The zero-order valence-electron chi connectivity index (χ0n) is 16.2. The molecule has 2 heterocycles. The number of benzene rings is 2. The van der Waals surface area contributed by atoms with E-state index in [2.05, 4.69) is 10.6 Å². The summed E-state index contributed by atoms with van der Waals surface area (Å²) in [6.07, 6.45) is 1.09. The van der Waals surface area contributed by atoms with E-state index < -0.39 is 0 Å². The molecule has 0 spiro atoms. The Hall–Kier alpha value is -3.22. The van der Waals surface area contributed by atoms with Crippen molar-refractivity contribution in [2.75, 3.05) is 31.6 Å². The SMILES string of the molecule is O=C(Nc1ccccc1)C1CCN(C(=O)NCC2COc3ccccc3O2)CC1. The summed E-state index contributed by atoms with van der Waals surface area (Å²) in [6, 6.07) is 16.8. The van der Waals surface area contributed by atoms with Gasteiger partial charge in [-0.1, -0.05) is 30.3 Å². The first-order valence-electron chi connectivity index (χ1n) is 9.96. The van der Waals surface area contributed by atoms with Crippen LogP contribution in [0.5, 0.6) is 11.5 Å². The van der Waals surface area contributed by atoms with Gasteiger partial charge in [-0.15, -0.1) is 0 Å². The Morgan fingerprint density at radius 3 is 2.41 bits per heavy atom. The number of carbonyl (C=O) groups excluding carboxylic acids is 2. The highest BCUT2D eigenvalue weighted by atomic mass is 16.6. The van der Waals surface area contributed by atoms with Crippen molar-refractivity contribution < 1.29 is 19.1 Å². The molecule has 0 bridgehead atoms. The predicted octanol–water partition coefficient (Wildman–Crippen LogP) is 2.89. The molecule has 7 nitrogen and oxygen atoms in total. The van der Waals surface area contributed by atoms with Crippen LogP contribution in [0, 0.1) is 5.92 Å². The molecule has 1 fully saturated rings. The van der Waals surface area contributed by atoms with Crippen molar-refractivity contribution in [1.29, 1.82) is 0 Å². The van der Waals surface area contributed by atoms with E-state index in [1.165, 1.54) is 0 Å². The van der Waals surface area contributed by atoms with E-state index in [0.717, 1.165) is 11.4 Å². The highest BCUT2D eigenvalue weighted by Gasteiger charge is 2.28. The molecular weight excluding hydrogens is 370 g/mol. The van der Waals surface area contributed by atoms with Crippen LogP contribution in [0.3, 0.4) is 0 Å². The predicted molar refractivity (Wildman–Crippen MR) is 109 cm³/mol. The summed E-state index contributed by atoms with van der Waals surface area (Å²) in [6.45, 7) is 1.90. The van der Waals surface area contributed by atoms with Crippen molar-refractivity contribution >= 4 is 17.6 Å². The molecule has 0 saturated carbocycles. The Morgan fingerprint density at radius 2 is 1.66 bits per heavy atom. The minimum Gasteiger partial charge on any atom is -0.486 e. The van der Waals surface area contributed by atoms with Gasteiger partial charge in [-0.3, -0.25) is 4.79 Å². The maximum atomic E-state index is 12.5. The van der Waals surface area contributed by atoms with Crippen LogP contribution in [0.4, 0.5) is 10.5 Å². The summed E-state index contributed by atoms with van der Waals surface area (Å²) >= 11 is 0. The van der Waals surface area contributed by atoms with Gasteiger partial charge in [-0.25, -0.2) is 4.79 Å². The standard InChI is InChI=1S/C22H25N3O4/c26-21(24-17-6-2-1-3-7-17)16-10-12-25(13-11-16)22(27)23-14-18-15-28-19-8-4-5-9-20(19)29-18/h1-9,16,18H,10-15H2,(H,23,27)(H,24,26). The van der Waals surface area contributed by atoms with Gasteiger partial charge in [0, 0.05) is 24.7 Å². The van der Waals surface area contributed by atoms with Crippen molar-refractivity contribution in [1.82, 2.24) is 10.2 Å².